The molecule has 5 rings (SSSR count). The van der Waals surface area contributed by atoms with E-state index in [0.29, 0.717) is 6.54 Å². The summed E-state index contributed by atoms with van der Waals surface area (Å²) in [6.07, 6.45) is 2.85. The van der Waals surface area contributed by atoms with Gasteiger partial charge in [-0.2, -0.15) is 5.10 Å². The van der Waals surface area contributed by atoms with Gasteiger partial charge in [0.15, 0.2) is 0 Å². The minimum absolute atomic E-state index is 0.0385. The third-order valence-electron chi connectivity index (χ3n) is 6.33. The van der Waals surface area contributed by atoms with Gasteiger partial charge in [0.05, 0.1) is 12.1 Å². The highest BCUT2D eigenvalue weighted by Crippen LogP contribution is 2.28. The molecule has 1 atom stereocenters. The van der Waals surface area contributed by atoms with Gasteiger partial charge in [-0.3, -0.25) is 9.59 Å². The van der Waals surface area contributed by atoms with Crippen molar-refractivity contribution >= 4 is 45.3 Å². The van der Waals surface area contributed by atoms with Crippen LogP contribution in [-0.2, 0) is 16.0 Å². The maximum Gasteiger partial charge on any atom is 0.245 e. The molecule has 164 valence electrons. The van der Waals surface area contributed by atoms with Gasteiger partial charge >= 0.3 is 0 Å². The van der Waals surface area contributed by atoms with Crippen LogP contribution in [0.5, 0.6) is 0 Å². The fourth-order valence-corrected chi connectivity index (χ4v) is 4.48. The van der Waals surface area contributed by atoms with E-state index in [1.54, 1.807) is 11.1 Å². The van der Waals surface area contributed by atoms with Gasteiger partial charge in [0.1, 0.15) is 0 Å². The second kappa shape index (κ2) is 8.87. The van der Waals surface area contributed by atoms with Crippen molar-refractivity contribution in [3.8, 4) is 0 Å². The van der Waals surface area contributed by atoms with Crippen molar-refractivity contribution in [3.63, 3.8) is 0 Å². The number of hydrogen-bond donors (Lipinski definition) is 1. The topological polar surface area (TPSA) is 61.8 Å². The molecule has 0 spiro atoms. The van der Waals surface area contributed by atoms with Gasteiger partial charge in [-0.05, 0) is 51.7 Å². The minimum Gasteiger partial charge on any atom is -0.312 e. The van der Waals surface area contributed by atoms with Crippen LogP contribution in [0.25, 0.3) is 21.5 Å². The standard InChI is InChI=1S/C28H25N3O2/c1-2-19-11-13-23(14-12-19)31-18-22(16-27(31)32)28(33)30-29-17-26-24-9-5-3-7-20(24)15-21-8-4-6-10-25(21)26/h3-15,17,22H,2,16,18H2,1H3,(H,30,33)/b29-17+/t22-/m1/s1. The Morgan fingerprint density at radius 3 is 2.27 bits per heavy atom. The Bertz CT molecular complexity index is 1320. The lowest BCUT2D eigenvalue weighted by Gasteiger charge is -2.16. The fraction of sp³-hybridized carbons (Fsp3) is 0.179. The molecule has 0 aromatic heterocycles. The molecule has 0 aliphatic carbocycles. The molecule has 1 N–H and O–H groups in total. The van der Waals surface area contributed by atoms with E-state index in [2.05, 4.69) is 47.8 Å². The van der Waals surface area contributed by atoms with Crippen LogP contribution < -0.4 is 10.3 Å². The monoisotopic (exact) mass is 435 g/mol. The molecule has 2 amide bonds. The molecule has 1 aliphatic rings. The number of benzene rings is 4. The van der Waals surface area contributed by atoms with E-state index in [9.17, 15) is 9.59 Å². The molecule has 4 aromatic carbocycles. The lowest BCUT2D eigenvalue weighted by Crippen LogP contribution is -2.30. The predicted octanol–water partition coefficient (Wildman–Crippen LogP) is 5.06. The lowest BCUT2D eigenvalue weighted by atomic mass is 9.97. The fourth-order valence-electron chi connectivity index (χ4n) is 4.48. The van der Waals surface area contributed by atoms with Crippen molar-refractivity contribution in [2.45, 2.75) is 19.8 Å². The molecular weight excluding hydrogens is 410 g/mol. The number of carbonyl (C=O) groups is 2. The molecule has 33 heavy (non-hydrogen) atoms. The molecule has 4 aromatic rings. The molecule has 0 saturated carbocycles. The van der Waals surface area contributed by atoms with Crippen LogP contribution in [0.4, 0.5) is 5.69 Å². The van der Waals surface area contributed by atoms with Crippen molar-refractivity contribution in [2.24, 2.45) is 11.0 Å². The molecule has 1 saturated heterocycles. The Labute approximate surface area is 192 Å². The van der Waals surface area contributed by atoms with Crippen LogP contribution in [0.3, 0.4) is 0 Å². The van der Waals surface area contributed by atoms with E-state index in [1.807, 2.05) is 48.5 Å². The molecule has 0 bridgehead atoms. The third-order valence-corrected chi connectivity index (χ3v) is 6.33. The van der Waals surface area contributed by atoms with Crippen molar-refractivity contribution in [1.82, 2.24) is 5.43 Å². The number of hydrazone groups is 1. The number of amides is 2. The van der Waals surface area contributed by atoms with Gasteiger partial charge in [-0.15, -0.1) is 0 Å². The van der Waals surface area contributed by atoms with Crippen LogP contribution in [0.15, 0.2) is 84.0 Å². The zero-order valence-electron chi connectivity index (χ0n) is 18.5. The van der Waals surface area contributed by atoms with Crippen molar-refractivity contribution in [2.75, 3.05) is 11.4 Å². The van der Waals surface area contributed by atoms with Crippen LogP contribution in [-0.4, -0.2) is 24.6 Å². The molecular formula is C28H25N3O2. The van der Waals surface area contributed by atoms with Gasteiger partial charge in [0.25, 0.3) is 0 Å². The quantitative estimate of drug-likeness (QED) is 0.271. The Morgan fingerprint density at radius 1 is 1.00 bits per heavy atom. The van der Waals surface area contributed by atoms with Crippen molar-refractivity contribution < 1.29 is 9.59 Å². The van der Waals surface area contributed by atoms with E-state index in [1.165, 1.54) is 5.56 Å². The Kier molecular flexibility index (Phi) is 5.61. The number of carbonyl (C=O) groups excluding carboxylic acids is 2. The van der Waals surface area contributed by atoms with Crippen LogP contribution in [0.2, 0.25) is 0 Å². The first kappa shape index (κ1) is 20.9. The summed E-state index contributed by atoms with van der Waals surface area (Å²) in [7, 11) is 0. The summed E-state index contributed by atoms with van der Waals surface area (Å²) in [6.45, 7) is 2.46. The molecule has 5 heteroatoms. The molecule has 1 aliphatic heterocycles. The summed E-state index contributed by atoms with van der Waals surface area (Å²) < 4.78 is 0. The molecule has 1 fully saturated rings. The number of nitrogens with zero attached hydrogens (tertiary/aromatic N) is 2. The summed E-state index contributed by atoms with van der Waals surface area (Å²) in [5, 5.41) is 8.67. The molecule has 5 nitrogen and oxygen atoms in total. The number of nitrogens with one attached hydrogen (secondary N) is 1. The third kappa shape index (κ3) is 4.10. The second-order valence-corrected chi connectivity index (χ2v) is 8.39. The SMILES string of the molecule is CCc1ccc(N2C[C@H](C(=O)N/N=C/c3c4ccccc4cc4ccccc34)CC2=O)cc1. The number of rotatable bonds is 5. The highest BCUT2D eigenvalue weighted by molar-refractivity contribution is 6.13. The lowest BCUT2D eigenvalue weighted by molar-refractivity contribution is -0.126. The van der Waals surface area contributed by atoms with Crippen LogP contribution in [0, 0.1) is 5.92 Å². The number of hydrogen-bond acceptors (Lipinski definition) is 3. The van der Waals surface area contributed by atoms with E-state index >= 15 is 0 Å². The van der Waals surface area contributed by atoms with E-state index < -0.39 is 5.92 Å². The van der Waals surface area contributed by atoms with Gasteiger partial charge in [-0.1, -0.05) is 67.6 Å². The molecule has 0 radical (unpaired) electrons. The number of aryl methyl sites for hydroxylation is 1. The molecule has 0 unspecified atom stereocenters. The first-order valence-electron chi connectivity index (χ1n) is 11.3. The minimum atomic E-state index is -0.426. The largest absolute Gasteiger partial charge is 0.312 e. The zero-order valence-corrected chi connectivity index (χ0v) is 18.5. The van der Waals surface area contributed by atoms with E-state index in [4.69, 9.17) is 0 Å². The van der Waals surface area contributed by atoms with Crippen LogP contribution >= 0.6 is 0 Å². The summed E-state index contributed by atoms with van der Waals surface area (Å²) in [5.41, 5.74) is 5.68. The summed E-state index contributed by atoms with van der Waals surface area (Å²) >= 11 is 0. The predicted molar refractivity (Wildman–Crippen MR) is 133 cm³/mol. The van der Waals surface area contributed by atoms with Crippen molar-refractivity contribution in [1.29, 1.82) is 0 Å². The van der Waals surface area contributed by atoms with E-state index in [0.717, 1.165) is 39.2 Å². The summed E-state index contributed by atoms with van der Waals surface area (Å²) in [4.78, 5) is 27.0. The smallest absolute Gasteiger partial charge is 0.245 e. The number of fused-ring (bicyclic) bond motifs is 2. The highest BCUT2D eigenvalue weighted by Gasteiger charge is 2.35. The first-order valence-corrected chi connectivity index (χ1v) is 11.3. The Morgan fingerprint density at radius 2 is 1.64 bits per heavy atom. The normalized spacial score (nSPS) is 16.2. The average molecular weight is 436 g/mol. The van der Waals surface area contributed by atoms with Gasteiger partial charge in [-0.25, -0.2) is 5.43 Å². The maximum absolute atomic E-state index is 12.8. The zero-order chi connectivity index (χ0) is 22.8. The van der Waals surface area contributed by atoms with Gasteiger partial charge < -0.3 is 4.90 Å². The van der Waals surface area contributed by atoms with E-state index in [-0.39, 0.29) is 18.2 Å². The number of anilines is 1. The second-order valence-electron chi connectivity index (χ2n) is 8.39. The van der Waals surface area contributed by atoms with Gasteiger partial charge in [0.2, 0.25) is 11.8 Å². The summed E-state index contributed by atoms with van der Waals surface area (Å²) in [5.74, 6) is -0.704. The highest BCUT2D eigenvalue weighted by atomic mass is 16.2. The Hall–Kier alpha value is -3.99. The Balaban J connectivity index is 1.33. The van der Waals surface area contributed by atoms with Crippen molar-refractivity contribution in [3.05, 3.63) is 90.0 Å². The average Bonchev–Trinajstić information content (AvgIpc) is 3.25. The molecule has 1 heterocycles. The van der Waals surface area contributed by atoms with Gasteiger partial charge in [0, 0.05) is 24.2 Å². The summed E-state index contributed by atoms with van der Waals surface area (Å²) in [6, 6.07) is 26.4. The first-order chi connectivity index (χ1) is 16.1. The maximum atomic E-state index is 12.8. The van der Waals surface area contributed by atoms with Crippen LogP contribution in [0.1, 0.15) is 24.5 Å².